The van der Waals surface area contributed by atoms with Crippen LogP contribution in [0.1, 0.15) is 25.8 Å². The average Bonchev–Trinajstić information content (AvgIpc) is 2.87. The van der Waals surface area contributed by atoms with E-state index >= 15 is 0 Å². The summed E-state index contributed by atoms with van der Waals surface area (Å²) >= 11 is 6.13. The minimum Gasteiger partial charge on any atom is -0.316 e. The highest BCUT2D eigenvalue weighted by atomic mass is 32.2. The first-order valence-corrected chi connectivity index (χ1v) is 9.59. The Balaban J connectivity index is 1.84. The van der Waals surface area contributed by atoms with Crippen molar-refractivity contribution in [1.82, 2.24) is 5.32 Å². The number of thiophene rings is 1. The Morgan fingerprint density at radius 2 is 2.22 bits per heavy atom. The highest BCUT2D eigenvalue weighted by molar-refractivity contribution is 8.07. The van der Waals surface area contributed by atoms with E-state index in [2.05, 4.69) is 66.6 Å². The molecule has 4 unspecified atom stereocenters. The van der Waals surface area contributed by atoms with Crippen molar-refractivity contribution in [3.63, 3.8) is 0 Å². The molecule has 2 rings (SSSR count). The van der Waals surface area contributed by atoms with Crippen molar-refractivity contribution in [2.45, 2.75) is 48.5 Å². The van der Waals surface area contributed by atoms with Gasteiger partial charge >= 0.3 is 0 Å². The number of hydrogen-bond donors (Lipinski definition) is 1. The Morgan fingerprint density at radius 3 is 2.83 bits per heavy atom. The predicted molar refractivity (Wildman–Crippen MR) is 88.2 cm³/mol. The summed E-state index contributed by atoms with van der Waals surface area (Å²) in [6.45, 7) is 4.73. The first-order valence-electron chi connectivity index (χ1n) is 6.66. The Kier molecular flexibility index (Phi) is 5.93. The summed E-state index contributed by atoms with van der Waals surface area (Å²) in [6, 6.07) is 2.91. The predicted octanol–water partition coefficient (Wildman–Crippen LogP) is 3.89. The first kappa shape index (κ1) is 14.8. The van der Waals surface area contributed by atoms with Crippen LogP contribution in [0.5, 0.6) is 0 Å². The SMILES string of the molecule is CNC(CCc1ccsc1)C1CSC(C)C(C)S1. The second kappa shape index (κ2) is 7.22. The molecule has 1 nitrogen and oxygen atoms in total. The summed E-state index contributed by atoms with van der Waals surface area (Å²) in [5, 5.41) is 10.4. The Bertz CT molecular complexity index is 339. The zero-order chi connectivity index (χ0) is 13.0. The van der Waals surface area contributed by atoms with E-state index in [1.165, 1.54) is 24.2 Å². The van der Waals surface area contributed by atoms with Crippen molar-refractivity contribution >= 4 is 34.9 Å². The van der Waals surface area contributed by atoms with Crippen molar-refractivity contribution < 1.29 is 0 Å². The molecule has 0 aromatic carbocycles. The second-order valence-corrected chi connectivity index (χ2v) is 8.80. The van der Waals surface area contributed by atoms with Gasteiger partial charge < -0.3 is 5.32 Å². The Labute approximate surface area is 124 Å². The fourth-order valence-electron chi connectivity index (χ4n) is 2.29. The normalized spacial score (nSPS) is 30.3. The summed E-state index contributed by atoms with van der Waals surface area (Å²) in [5.41, 5.74) is 1.50. The largest absolute Gasteiger partial charge is 0.316 e. The molecule has 1 aliphatic rings. The van der Waals surface area contributed by atoms with E-state index in [0.717, 1.165) is 15.7 Å². The van der Waals surface area contributed by atoms with Crippen molar-refractivity contribution in [1.29, 1.82) is 0 Å². The van der Waals surface area contributed by atoms with Gasteiger partial charge in [0.15, 0.2) is 0 Å². The van der Waals surface area contributed by atoms with Crippen LogP contribution < -0.4 is 5.32 Å². The number of thioether (sulfide) groups is 2. The van der Waals surface area contributed by atoms with Crippen LogP contribution in [-0.2, 0) is 6.42 Å². The third-order valence-electron chi connectivity index (χ3n) is 3.72. The third-order valence-corrected chi connectivity index (χ3v) is 8.00. The molecule has 1 aromatic rings. The quantitative estimate of drug-likeness (QED) is 0.886. The molecule has 1 fully saturated rings. The first-order chi connectivity index (χ1) is 8.70. The summed E-state index contributed by atoms with van der Waals surface area (Å²) < 4.78 is 0. The summed E-state index contributed by atoms with van der Waals surface area (Å²) in [6.07, 6.45) is 2.47. The van der Waals surface area contributed by atoms with Gasteiger partial charge in [-0.05, 0) is 42.3 Å². The van der Waals surface area contributed by atoms with Gasteiger partial charge in [-0.25, -0.2) is 0 Å². The van der Waals surface area contributed by atoms with Crippen LogP contribution in [-0.4, -0.2) is 34.6 Å². The lowest BCUT2D eigenvalue weighted by Crippen LogP contribution is -2.42. The number of hydrogen-bond acceptors (Lipinski definition) is 4. The monoisotopic (exact) mass is 301 g/mol. The van der Waals surface area contributed by atoms with Gasteiger partial charge in [0.05, 0.1) is 0 Å². The fourth-order valence-corrected chi connectivity index (χ4v) is 6.20. The molecule has 18 heavy (non-hydrogen) atoms. The van der Waals surface area contributed by atoms with Gasteiger partial charge in [-0.3, -0.25) is 0 Å². The van der Waals surface area contributed by atoms with E-state index in [0.29, 0.717) is 6.04 Å². The van der Waals surface area contributed by atoms with Gasteiger partial charge in [-0.15, -0.1) is 0 Å². The van der Waals surface area contributed by atoms with E-state index in [1.807, 2.05) is 0 Å². The van der Waals surface area contributed by atoms with Crippen LogP contribution in [0.15, 0.2) is 16.8 Å². The van der Waals surface area contributed by atoms with Gasteiger partial charge in [-0.1, -0.05) is 13.8 Å². The molecule has 2 heterocycles. The van der Waals surface area contributed by atoms with Crippen LogP contribution in [0.4, 0.5) is 0 Å². The maximum Gasteiger partial charge on any atom is 0.0294 e. The number of rotatable bonds is 5. The second-order valence-electron chi connectivity index (χ2n) is 4.98. The summed E-state index contributed by atoms with van der Waals surface area (Å²) in [5.74, 6) is 1.30. The number of aryl methyl sites for hydroxylation is 1. The van der Waals surface area contributed by atoms with Crippen LogP contribution in [0.2, 0.25) is 0 Å². The summed E-state index contributed by atoms with van der Waals surface area (Å²) in [4.78, 5) is 0. The molecule has 0 amide bonds. The maximum absolute atomic E-state index is 3.54. The molecule has 0 aliphatic carbocycles. The number of nitrogens with one attached hydrogen (secondary N) is 1. The van der Waals surface area contributed by atoms with E-state index < -0.39 is 0 Å². The van der Waals surface area contributed by atoms with Gasteiger partial charge in [0.1, 0.15) is 0 Å². The van der Waals surface area contributed by atoms with E-state index in [1.54, 1.807) is 11.3 Å². The lowest BCUT2D eigenvalue weighted by Gasteiger charge is -2.35. The molecular formula is C14H23NS3. The average molecular weight is 302 g/mol. The molecule has 1 N–H and O–H groups in total. The lowest BCUT2D eigenvalue weighted by atomic mass is 10.1. The molecule has 1 saturated heterocycles. The highest BCUT2D eigenvalue weighted by Crippen LogP contribution is 2.37. The van der Waals surface area contributed by atoms with Crippen molar-refractivity contribution in [3.05, 3.63) is 22.4 Å². The molecule has 0 radical (unpaired) electrons. The minimum atomic E-state index is 0.650. The molecule has 4 heteroatoms. The molecule has 102 valence electrons. The van der Waals surface area contributed by atoms with Crippen LogP contribution >= 0.6 is 34.9 Å². The zero-order valence-corrected chi connectivity index (χ0v) is 13.8. The van der Waals surface area contributed by atoms with E-state index in [9.17, 15) is 0 Å². The zero-order valence-electron chi connectivity index (χ0n) is 11.4. The Hall–Kier alpha value is 0.360. The van der Waals surface area contributed by atoms with Crippen molar-refractivity contribution in [2.75, 3.05) is 12.8 Å². The Morgan fingerprint density at radius 1 is 1.39 bits per heavy atom. The van der Waals surface area contributed by atoms with Gasteiger partial charge in [0.25, 0.3) is 0 Å². The minimum absolute atomic E-state index is 0.650. The van der Waals surface area contributed by atoms with Crippen molar-refractivity contribution in [2.24, 2.45) is 0 Å². The molecule has 1 aliphatic heterocycles. The molecule has 0 bridgehead atoms. The molecule has 0 spiro atoms. The van der Waals surface area contributed by atoms with Crippen molar-refractivity contribution in [3.8, 4) is 0 Å². The smallest absolute Gasteiger partial charge is 0.0294 e. The van der Waals surface area contributed by atoms with E-state index in [-0.39, 0.29) is 0 Å². The molecular weight excluding hydrogens is 278 g/mol. The third kappa shape index (κ3) is 3.92. The van der Waals surface area contributed by atoms with Gasteiger partial charge in [-0.2, -0.15) is 34.9 Å². The van der Waals surface area contributed by atoms with Crippen LogP contribution in [0, 0.1) is 0 Å². The van der Waals surface area contributed by atoms with Gasteiger partial charge in [0.2, 0.25) is 0 Å². The molecule has 4 atom stereocenters. The standard InChI is InChI=1S/C14H23NS3/c1-10-11(2)18-14(9-17-10)13(15-3)5-4-12-6-7-16-8-12/h6-8,10-11,13-15H,4-5,9H2,1-3H3. The van der Waals surface area contributed by atoms with Gasteiger partial charge in [0, 0.05) is 27.5 Å². The topological polar surface area (TPSA) is 12.0 Å². The lowest BCUT2D eigenvalue weighted by molar-refractivity contribution is 0.519. The fraction of sp³-hybridized carbons (Fsp3) is 0.714. The maximum atomic E-state index is 3.54. The van der Waals surface area contributed by atoms with Crippen LogP contribution in [0.25, 0.3) is 0 Å². The molecule has 1 aromatic heterocycles. The molecule has 0 saturated carbocycles. The highest BCUT2D eigenvalue weighted by Gasteiger charge is 2.30. The summed E-state index contributed by atoms with van der Waals surface area (Å²) in [7, 11) is 2.12. The van der Waals surface area contributed by atoms with E-state index in [4.69, 9.17) is 0 Å². The van der Waals surface area contributed by atoms with Crippen LogP contribution in [0.3, 0.4) is 0 Å².